The molecular weight excluding hydrogens is 469 g/mol. The van der Waals surface area contributed by atoms with Crippen LogP contribution in [0.25, 0.3) is 0 Å². The summed E-state index contributed by atoms with van der Waals surface area (Å²) in [6, 6.07) is 11.8. The number of fused-ring (bicyclic) bond motifs is 1. The van der Waals surface area contributed by atoms with Gasteiger partial charge in [0.15, 0.2) is 6.29 Å². The van der Waals surface area contributed by atoms with Crippen LogP contribution in [0.3, 0.4) is 0 Å². The standard InChI is InChI=1S/C22H23Cl2N5O4/c1-2-33-15-5-3-13(4-6-15)25-20(31)16-10-17(30)27-19-18(16)21(32)29-22(28-19)26-14-8-11(23)7-12(24)9-14/h3-9,16,18-19,22,26,28H,2,10H2,1H3,(H,25,31)(H,27,30)(H,29,32). The van der Waals surface area contributed by atoms with Crippen LogP contribution in [-0.2, 0) is 14.4 Å². The van der Waals surface area contributed by atoms with Crippen molar-refractivity contribution in [3.63, 3.8) is 0 Å². The fourth-order valence-corrected chi connectivity index (χ4v) is 4.52. The molecule has 174 valence electrons. The number of piperidine rings is 1. The first-order chi connectivity index (χ1) is 15.8. The van der Waals surface area contributed by atoms with Gasteiger partial charge < -0.3 is 26.0 Å². The Labute approximate surface area is 200 Å². The third-order valence-corrected chi connectivity index (χ3v) is 5.83. The van der Waals surface area contributed by atoms with Crippen LogP contribution in [0.2, 0.25) is 10.0 Å². The van der Waals surface area contributed by atoms with Gasteiger partial charge in [0, 0.05) is 27.8 Å². The molecule has 2 fully saturated rings. The molecule has 11 heteroatoms. The first-order valence-corrected chi connectivity index (χ1v) is 11.2. The molecular formula is C22H23Cl2N5O4. The number of anilines is 2. The lowest BCUT2D eigenvalue weighted by molar-refractivity contribution is -0.144. The van der Waals surface area contributed by atoms with E-state index in [9.17, 15) is 14.4 Å². The van der Waals surface area contributed by atoms with Gasteiger partial charge in [-0.05, 0) is 49.4 Å². The maximum atomic E-state index is 13.0. The minimum Gasteiger partial charge on any atom is -0.494 e. The highest BCUT2D eigenvalue weighted by atomic mass is 35.5. The van der Waals surface area contributed by atoms with E-state index >= 15 is 0 Å². The lowest BCUT2D eigenvalue weighted by Crippen LogP contribution is -2.72. The third kappa shape index (κ3) is 5.50. The predicted octanol–water partition coefficient (Wildman–Crippen LogP) is 2.52. The van der Waals surface area contributed by atoms with E-state index in [1.165, 1.54) is 0 Å². The van der Waals surface area contributed by atoms with Gasteiger partial charge in [-0.3, -0.25) is 19.7 Å². The summed E-state index contributed by atoms with van der Waals surface area (Å²) in [7, 11) is 0. The molecule has 33 heavy (non-hydrogen) atoms. The number of ether oxygens (including phenoxy) is 1. The largest absolute Gasteiger partial charge is 0.494 e. The first kappa shape index (κ1) is 23.2. The van der Waals surface area contributed by atoms with Gasteiger partial charge in [0.1, 0.15) is 5.75 Å². The van der Waals surface area contributed by atoms with Crippen molar-refractivity contribution in [3.8, 4) is 5.75 Å². The van der Waals surface area contributed by atoms with E-state index < -0.39 is 30.2 Å². The number of halogens is 2. The molecule has 2 aliphatic rings. The molecule has 5 N–H and O–H groups in total. The smallest absolute Gasteiger partial charge is 0.229 e. The normalized spacial score (nSPS) is 24.2. The summed E-state index contributed by atoms with van der Waals surface area (Å²) >= 11 is 12.1. The summed E-state index contributed by atoms with van der Waals surface area (Å²) in [5, 5.41) is 15.4. The molecule has 3 amide bonds. The van der Waals surface area contributed by atoms with Crippen LogP contribution in [0.4, 0.5) is 11.4 Å². The third-order valence-electron chi connectivity index (χ3n) is 5.39. The summed E-state index contributed by atoms with van der Waals surface area (Å²) in [6.45, 7) is 2.42. The highest BCUT2D eigenvalue weighted by molar-refractivity contribution is 6.35. The molecule has 2 aromatic carbocycles. The Kier molecular flexibility index (Phi) is 6.92. The molecule has 0 bridgehead atoms. The summed E-state index contributed by atoms with van der Waals surface area (Å²) in [5.41, 5.74) is 1.13. The van der Waals surface area contributed by atoms with Gasteiger partial charge in [0.25, 0.3) is 0 Å². The van der Waals surface area contributed by atoms with Crippen LogP contribution in [-0.4, -0.2) is 36.8 Å². The van der Waals surface area contributed by atoms with Crippen molar-refractivity contribution in [2.75, 3.05) is 17.2 Å². The number of rotatable bonds is 6. The Balaban J connectivity index is 1.45. The van der Waals surface area contributed by atoms with E-state index in [-0.39, 0.29) is 18.2 Å². The maximum Gasteiger partial charge on any atom is 0.229 e. The van der Waals surface area contributed by atoms with Crippen LogP contribution in [0.15, 0.2) is 42.5 Å². The van der Waals surface area contributed by atoms with Gasteiger partial charge >= 0.3 is 0 Å². The highest BCUT2D eigenvalue weighted by Gasteiger charge is 2.48. The van der Waals surface area contributed by atoms with Crippen LogP contribution < -0.4 is 31.3 Å². The van der Waals surface area contributed by atoms with E-state index in [1.54, 1.807) is 42.5 Å². The minimum absolute atomic E-state index is 0.0961. The SMILES string of the molecule is CCOc1ccc(NC(=O)C2CC(=O)NC3NC(Nc4cc(Cl)cc(Cl)c4)NC(=O)C32)cc1. The lowest BCUT2D eigenvalue weighted by atomic mass is 9.81. The van der Waals surface area contributed by atoms with Crippen LogP contribution in [0, 0.1) is 11.8 Å². The minimum atomic E-state index is -0.843. The van der Waals surface area contributed by atoms with Crippen molar-refractivity contribution in [2.24, 2.45) is 11.8 Å². The second-order valence-electron chi connectivity index (χ2n) is 7.74. The zero-order valence-electron chi connectivity index (χ0n) is 17.7. The molecule has 4 unspecified atom stereocenters. The zero-order chi connectivity index (χ0) is 23.5. The second-order valence-corrected chi connectivity index (χ2v) is 8.61. The van der Waals surface area contributed by atoms with E-state index in [0.717, 1.165) is 0 Å². The van der Waals surface area contributed by atoms with Crippen molar-refractivity contribution in [1.29, 1.82) is 0 Å². The molecule has 2 aliphatic heterocycles. The molecule has 4 atom stereocenters. The Morgan fingerprint density at radius 1 is 1.06 bits per heavy atom. The van der Waals surface area contributed by atoms with Gasteiger partial charge in [0.2, 0.25) is 17.7 Å². The van der Waals surface area contributed by atoms with Gasteiger partial charge in [-0.1, -0.05) is 23.2 Å². The quantitative estimate of drug-likeness (QED) is 0.423. The molecule has 0 aliphatic carbocycles. The molecule has 0 spiro atoms. The maximum absolute atomic E-state index is 13.0. The Morgan fingerprint density at radius 2 is 1.76 bits per heavy atom. The average Bonchev–Trinajstić information content (AvgIpc) is 2.73. The van der Waals surface area contributed by atoms with Crippen molar-refractivity contribution in [1.82, 2.24) is 16.0 Å². The lowest BCUT2D eigenvalue weighted by Gasteiger charge is -2.43. The monoisotopic (exact) mass is 491 g/mol. The molecule has 2 heterocycles. The van der Waals surface area contributed by atoms with Crippen LogP contribution >= 0.6 is 23.2 Å². The fraction of sp³-hybridized carbons (Fsp3) is 0.318. The topological polar surface area (TPSA) is 121 Å². The number of nitrogens with one attached hydrogen (secondary N) is 5. The fourth-order valence-electron chi connectivity index (χ4n) is 3.99. The van der Waals surface area contributed by atoms with Crippen molar-refractivity contribution in [2.45, 2.75) is 25.8 Å². The van der Waals surface area contributed by atoms with Gasteiger partial charge in [-0.2, -0.15) is 0 Å². The van der Waals surface area contributed by atoms with Crippen LogP contribution in [0.5, 0.6) is 5.75 Å². The Hall–Kier alpha value is -3.01. The number of carbonyl (C=O) groups is 3. The van der Waals surface area contributed by atoms with E-state index in [2.05, 4.69) is 26.6 Å². The molecule has 0 radical (unpaired) electrons. The number of carbonyl (C=O) groups excluding carboxylic acids is 3. The summed E-state index contributed by atoms with van der Waals surface area (Å²) in [6.07, 6.45) is -1.54. The van der Waals surface area contributed by atoms with Gasteiger partial charge in [-0.25, -0.2) is 0 Å². The number of hydrogen-bond acceptors (Lipinski definition) is 6. The summed E-state index contributed by atoms with van der Waals surface area (Å²) in [4.78, 5) is 38.3. The van der Waals surface area contributed by atoms with E-state index in [0.29, 0.717) is 33.8 Å². The average molecular weight is 492 g/mol. The van der Waals surface area contributed by atoms with Gasteiger partial charge in [0.05, 0.1) is 24.6 Å². The van der Waals surface area contributed by atoms with Crippen molar-refractivity contribution >= 4 is 52.3 Å². The summed E-state index contributed by atoms with van der Waals surface area (Å²) < 4.78 is 5.40. The molecule has 9 nitrogen and oxygen atoms in total. The summed E-state index contributed by atoms with van der Waals surface area (Å²) in [5.74, 6) is -2.04. The number of amides is 3. The van der Waals surface area contributed by atoms with E-state index in [4.69, 9.17) is 27.9 Å². The number of benzene rings is 2. The van der Waals surface area contributed by atoms with E-state index in [1.807, 2.05) is 6.92 Å². The molecule has 0 saturated carbocycles. The second kappa shape index (κ2) is 9.86. The first-order valence-electron chi connectivity index (χ1n) is 10.4. The van der Waals surface area contributed by atoms with Crippen molar-refractivity contribution < 1.29 is 19.1 Å². The molecule has 2 saturated heterocycles. The van der Waals surface area contributed by atoms with Gasteiger partial charge in [-0.15, -0.1) is 0 Å². The molecule has 2 aromatic rings. The zero-order valence-corrected chi connectivity index (χ0v) is 19.2. The highest BCUT2D eigenvalue weighted by Crippen LogP contribution is 2.29. The number of hydrogen-bond donors (Lipinski definition) is 5. The molecule has 4 rings (SSSR count). The van der Waals surface area contributed by atoms with Crippen LogP contribution in [0.1, 0.15) is 13.3 Å². The molecule has 0 aromatic heterocycles. The predicted molar refractivity (Wildman–Crippen MR) is 125 cm³/mol. The Bertz CT molecular complexity index is 1050. The van der Waals surface area contributed by atoms with Crippen molar-refractivity contribution in [3.05, 3.63) is 52.5 Å². The Morgan fingerprint density at radius 3 is 2.42 bits per heavy atom.